The lowest BCUT2D eigenvalue weighted by Gasteiger charge is -2.09. The molecule has 0 unspecified atom stereocenters. The van der Waals surface area contributed by atoms with Crippen molar-refractivity contribution in [1.82, 2.24) is 0 Å². The summed E-state index contributed by atoms with van der Waals surface area (Å²) in [6.45, 7) is 0. The molecule has 0 fully saturated rings. The third-order valence-electron chi connectivity index (χ3n) is 2.39. The number of carbonyl (C=O) groups excluding carboxylic acids is 2. The maximum Gasteiger partial charge on any atom is 0.416 e. The molecule has 0 saturated carbocycles. The lowest BCUT2D eigenvalue weighted by molar-refractivity contribution is -0.137. The number of halogens is 3. The highest BCUT2D eigenvalue weighted by molar-refractivity contribution is 6.20. The zero-order valence-corrected chi connectivity index (χ0v) is 10.7. The molecular weight excluding hydrogens is 277 g/mol. The predicted molar refractivity (Wildman–Crippen MR) is 63.5 cm³/mol. The van der Waals surface area contributed by atoms with Gasteiger partial charge in [-0.2, -0.15) is 13.2 Å². The van der Waals surface area contributed by atoms with E-state index in [1.807, 2.05) is 0 Å². The monoisotopic (exact) mass is 288 g/mol. The fourth-order valence-corrected chi connectivity index (χ4v) is 1.39. The predicted octanol–water partition coefficient (Wildman–Crippen LogP) is 2.43. The first-order valence-corrected chi connectivity index (χ1v) is 5.35. The van der Waals surface area contributed by atoms with Gasteiger partial charge in [-0.15, -0.1) is 0 Å². The van der Waals surface area contributed by atoms with Crippen molar-refractivity contribution in [2.24, 2.45) is 0 Å². The molecule has 0 aromatic heterocycles. The molecule has 0 bridgehead atoms. The summed E-state index contributed by atoms with van der Waals surface area (Å²) in [4.78, 5) is 22.7. The van der Waals surface area contributed by atoms with Crippen LogP contribution in [0.2, 0.25) is 0 Å². The van der Waals surface area contributed by atoms with E-state index in [-0.39, 0.29) is 11.1 Å². The fraction of sp³-hybridized carbons (Fsp3) is 0.231. The van der Waals surface area contributed by atoms with Crippen molar-refractivity contribution >= 4 is 17.5 Å². The van der Waals surface area contributed by atoms with Gasteiger partial charge in [-0.05, 0) is 17.7 Å². The molecule has 0 amide bonds. The van der Waals surface area contributed by atoms with E-state index >= 15 is 0 Å². The molecule has 0 N–H and O–H groups in total. The van der Waals surface area contributed by atoms with E-state index in [4.69, 9.17) is 0 Å². The Kier molecular flexibility index (Phi) is 4.90. The van der Waals surface area contributed by atoms with Gasteiger partial charge in [-0.3, -0.25) is 0 Å². The SMILES string of the molecule is COC(=O)C=C(C(=O)OC)c1ccc(C(F)(F)F)cc1. The maximum atomic E-state index is 12.4. The van der Waals surface area contributed by atoms with Crippen LogP contribution in [0.5, 0.6) is 0 Å². The number of benzene rings is 1. The van der Waals surface area contributed by atoms with Crippen molar-refractivity contribution in [2.45, 2.75) is 6.18 Å². The minimum Gasteiger partial charge on any atom is -0.466 e. The quantitative estimate of drug-likeness (QED) is 0.633. The van der Waals surface area contributed by atoms with E-state index < -0.39 is 23.7 Å². The van der Waals surface area contributed by atoms with Crippen LogP contribution in [0, 0.1) is 0 Å². The highest BCUT2D eigenvalue weighted by atomic mass is 19.4. The first kappa shape index (κ1) is 15.7. The van der Waals surface area contributed by atoms with Crippen LogP contribution in [0.3, 0.4) is 0 Å². The van der Waals surface area contributed by atoms with Crippen LogP contribution in [-0.2, 0) is 25.2 Å². The summed E-state index contributed by atoms with van der Waals surface area (Å²) in [5, 5.41) is 0. The highest BCUT2D eigenvalue weighted by Crippen LogP contribution is 2.30. The lowest BCUT2D eigenvalue weighted by atomic mass is 10.0. The van der Waals surface area contributed by atoms with E-state index in [0.717, 1.165) is 44.6 Å². The summed E-state index contributed by atoms with van der Waals surface area (Å²) in [7, 11) is 2.21. The van der Waals surface area contributed by atoms with E-state index in [0.29, 0.717) is 0 Å². The normalized spacial score (nSPS) is 11.9. The van der Waals surface area contributed by atoms with Crippen molar-refractivity contribution in [3.63, 3.8) is 0 Å². The lowest BCUT2D eigenvalue weighted by Crippen LogP contribution is -2.09. The molecule has 4 nitrogen and oxygen atoms in total. The molecular formula is C13H11F3O4. The summed E-state index contributed by atoms with van der Waals surface area (Å²) in [6.07, 6.45) is -3.62. The number of alkyl halides is 3. The van der Waals surface area contributed by atoms with Gasteiger partial charge >= 0.3 is 18.1 Å². The first-order chi connectivity index (χ1) is 9.29. The molecule has 0 heterocycles. The molecule has 0 aliphatic rings. The van der Waals surface area contributed by atoms with Crippen LogP contribution in [0.15, 0.2) is 30.3 Å². The topological polar surface area (TPSA) is 52.6 Å². The van der Waals surface area contributed by atoms with Gasteiger partial charge in [0.2, 0.25) is 0 Å². The van der Waals surface area contributed by atoms with E-state index in [1.54, 1.807) is 0 Å². The Morgan fingerprint density at radius 2 is 1.60 bits per heavy atom. The first-order valence-electron chi connectivity index (χ1n) is 5.35. The number of esters is 2. The van der Waals surface area contributed by atoms with Gasteiger partial charge in [-0.1, -0.05) is 12.1 Å². The highest BCUT2D eigenvalue weighted by Gasteiger charge is 2.30. The van der Waals surface area contributed by atoms with Crippen molar-refractivity contribution in [1.29, 1.82) is 0 Å². The van der Waals surface area contributed by atoms with Gasteiger partial charge in [0, 0.05) is 6.08 Å². The van der Waals surface area contributed by atoms with Crippen LogP contribution in [0.25, 0.3) is 5.57 Å². The van der Waals surface area contributed by atoms with Gasteiger partial charge in [0.1, 0.15) is 0 Å². The Balaban J connectivity index is 3.19. The number of hydrogen-bond donors (Lipinski definition) is 0. The second kappa shape index (κ2) is 6.23. The molecule has 108 valence electrons. The molecule has 0 atom stereocenters. The summed E-state index contributed by atoms with van der Waals surface area (Å²) in [5.74, 6) is -1.67. The van der Waals surface area contributed by atoms with Gasteiger partial charge in [0.25, 0.3) is 0 Å². The Morgan fingerprint density at radius 3 is 2.00 bits per heavy atom. The maximum absolute atomic E-state index is 12.4. The molecule has 0 aliphatic carbocycles. The van der Waals surface area contributed by atoms with Crippen molar-refractivity contribution < 1.29 is 32.2 Å². The third-order valence-corrected chi connectivity index (χ3v) is 2.39. The third kappa shape index (κ3) is 3.84. The average Bonchev–Trinajstić information content (AvgIpc) is 2.42. The van der Waals surface area contributed by atoms with Crippen LogP contribution < -0.4 is 0 Å². The average molecular weight is 288 g/mol. The largest absolute Gasteiger partial charge is 0.466 e. The number of hydrogen-bond acceptors (Lipinski definition) is 4. The van der Waals surface area contributed by atoms with Crippen molar-refractivity contribution in [3.8, 4) is 0 Å². The summed E-state index contributed by atoms with van der Waals surface area (Å²) in [6, 6.07) is 3.77. The summed E-state index contributed by atoms with van der Waals surface area (Å²) < 4.78 is 46.1. The minimum atomic E-state index is -4.48. The molecule has 1 aromatic rings. The van der Waals surface area contributed by atoms with Crippen LogP contribution >= 0.6 is 0 Å². The zero-order chi connectivity index (χ0) is 15.3. The molecule has 0 saturated heterocycles. The van der Waals surface area contributed by atoms with Gasteiger partial charge in [0.15, 0.2) is 0 Å². The van der Waals surface area contributed by atoms with Crippen LogP contribution in [0.1, 0.15) is 11.1 Å². The fourth-order valence-electron chi connectivity index (χ4n) is 1.39. The number of ether oxygens (including phenoxy) is 2. The minimum absolute atomic E-state index is 0.121. The Hall–Kier alpha value is -2.31. The zero-order valence-electron chi connectivity index (χ0n) is 10.7. The molecule has 1 rings (SSSR count). The number of carbonyl (C=O) groups is 2. The molecule has 0 radical (unpaired) electrons. The Labute approximate surface area is 112 Å². The van der Waals surface area contributed by atoms with Crippen molar-refractivity contribution in [3.05, 3.63) is 41.5 Å². The van der Waals surface area contributed by atoms with Gasteiger partial charge in [0.05, 0.1) is 25.4 Å². The molecule has 1 aromatic carbocycles. The second-order valence-electron chi connectivity index (χ2n) is 3.65. The van der Waals surface area contributed by atoms with Crippen molar-refractivity contribution in [2.75, 3.05) is 14.2 Å². The van der Waals surface area contributed by atoms with Gasteiger partial charge < -0.3 is 9.47 Å². The Bertz CT molecular complexity index is 530. The molecule has 20 heavy (non-hydrogen) atoms. The standard InChI is InChI=1S/C13H11F3O4/c1-19-11(17)7-10(12(18)20-2)8-3-5-9(6-4-8)13(14,15)16/h3-7H,1-2H3. The van der Waals surface area contributed by atoms with E-state index in [9.17, 15) is 22.8 Å². The smallest absolute Gasteiger partial charge is 0.416 e. The van der Waals surface area contributed by atoms with E-state index in [1.165, 1.54) is 0 Å². The molecule has 7 heteroatoms. The van der Waals surface area contributed by atoms with E-state index in [2.05, 4.69) is 9.47 Å². The number of rotatable bonds is 3. The van der Waals surface area contributed by atoms with Crippen LogP contribution in [-0.4, -0.2) is 26.2 Å². The second-order valence-corrected chi connectivity index (χ2v) is 3.65. The Morgan fingerprint density at radius 1 is 1.05 bits per heavy atom. The molecule has 0 aliphatic heterocycles. The summed E-state index contributed by atoms with van der Waals surface area (Å²) >= 11 is 0. The number of methoxy groups -OCH3 is 2. The molecule has 0 spiro atoms. The summed E-state index contributed by atoms with van der Waals surface area (Å²) in [5.41, 5.74) is -0.924. The van der Waals surface area contributed by atoms with Crippen LogP contribution in [0.4, 0.5) is 13.2 Å². The van der Waals surface area contributed by atoms with Gasteiger partial charge in [-0.25, -0.2) is 9.59 Å².